The van der Waals surface area contributed by atoms with Crippen LogP contribution >= 0.6 is 11.3 Å². The van der Waals surface area contributed by atoms with Crippen LogP contribution in [0.3, 0.4) is 0 Å². The van der Waals surface area contributed by atoms with Crippen LogP contribution in [0.25, 0.3) is 11.3 Å². The highest BCUT2D eigenvalue weighted by molar-refractivity contribution is 7.14. The fourth-order valence-corrected chi connectivity index (χ4v) is 7.08. The van der Waals surface area contributed by atoms with Crippen LogP contribution in [-0.4, -0.2) is 16.8 Å². The first-order valence-electron chi connectivity index (χ1n) is 13.4. The van der Waals surface area contributed by atoms with E-state index >= 15 is 0 Å². The normalized spacial score (nSPS) is 20.4. The van der Waals surface area contributed by atoms with Crippen LogP contribution in [0.1, 0.15) is 63.6 Å². The largest absolute Gasteiger partial charge is 0.467 e. The molecule has 0 spiro atoms. The molecule has 2 N–H and O–H groups in total. The van der Waals surface area contributed by atoms with Gasteiger partial charge in [-0.3, -0.25) is 9.59 Å². The van der Waals surface area contributed by atoms with Gasteiger partial charge >= 0.3 is 0 Å². The van der Waals surface area contributed by atoms with Gasteiger partial charge < -0.3 is 15.1 Å². The van der Waals surface area contributed by atoms with Gasteiger partial charge in [0.25, 0.3) is 5.91 Å². The number of hydrogen-bond donors (Lipinski definition) is 2. The molecule has 2 aromatic heterocycles. The summed E-state index contributed by atoms with van der Waals surface area (Å²) in [5.41, 5.74) is 6.78. The molecule has 0 fully saturated rings. The predicted molar refractivity (Wildman–Crippen MR) is 155 cm³/mol. The first-order valence-corrected chi connectivity index (χ1v) is 14.2. The van der Waals surface area contributed by atoms with Crippen molar-refractivity contribution in [1.82, 2.24) is 10.3 Å². The van der Waals surface area contributed by atoms with Crippen molar-refractivity contribution in [2.75, 3.05) is 5.32 Å². The van der Waals surface area contributed by atoms with Crippen molar-refractivity contribution in [3.63, 3.8) is 0 Å². The molecule has 40 heavy (non-hydrogen) atoms. The Bertz CT molecular complexity index is 1680. The van der Waals surface area contributed by atoms with E-state index in [9.17, 15) is 9.59 Å². The van der Waals surface area contributed by atoms with E-state index < -0.39 is 5.41 Å². The summed E-state index contributed by atoms with van der Waals surface area (Å²) in [5.74, 6) is 0.722. The quantitative estimate of drug-likeness (QED) is 0.242. The maximum Gasteiger partial charge on any atom is 0.251 e. The van der Waals surface area contributed by atoms with Crippen LogP contribution in [0.5, 0.6) is 0 Å². The number of amides is 2. The molecule has 2 heterocycles. The monoisotopic (exact) mass is 545 g/mol. The maximum absolute atomic E-state index is 13.9. The van der Waals surface area contributed by atoms with E-state index in [-0.39, 0.29) is 23.7 Å². The van der Waals surface area contributed by atoms with Crippen LogP contribution < -0.4 is 10.6 Å². The lowest BCUT2D eigenvalue weighted by Gasteiger charge is -2.50. The summed E-state index contributed by atoms with van der Waals surface area (Å²) in [4.78, 5) is 31.1. The lowest BCUT2D eigenvalue weighted by molar-refractivity contribution is -0.126. The number of furan rings is 1. The molecular formula is C33H27N3O3S. The molecule has 0 saturated carbocycles. The number of carbonyl (C=O) groups is 2. The van der Waals surface area contributed by atoms with E-state index in [0.717, 1.165) is 17.7 Å². The number of rotatable bonds is 6. The summed E-state index contributed by atoms with van der Waals surface area (Å²) in [5, 5.41) is 8.50. The lowest BCUT2D eigenvalue weighted by Crippen LogP contribution is -2.47. The zero-order valence-electron chi connectivity index (χ0n) is 21.9. The Balaban J connectivity index is 1.08. The molecule has 5 aromatic rings. The fourth-order valence-electron chi connectivity index (χ4n) is 6.37. The van der Waals surface area contributed by atoms with Gasteiger partial charge in [0.2, 0.25) is 5.91 Å². The van der Waals surface area contributed by atoms with Gasteiger partial charge in [0.05, 0.1) is 23.9 Å². The molecule has 0 radical (unpaired) electrons. The third kappa shape index (κ3) is 4.05. The number of fused-ring (bicyclic) bond motifs is 1. The Morgan fingerprint density at radius 1 is 0.925 bits per heavy atom. The molecule has 6 nitrogen and oxygen atoms in total. The summed E-state index contributed by atoms with van der Waals surface area (Å²) in [6.45, 7) is 2.43. The van der Waals surface area contributed by atoms with Crippen LogP contribution in [0.15, 0.2) is 101 Å². The van der Waals surface area contributed by atoms with E-state index in [4.69, 9.17) is 9.40 Å². The number of nitrogens with one attached hydrogen (secondary N) is 2. The molecule has 2 amide bonds. The first-order chi connectivity index (χ1) is 19.5. The summed E-state index contributed by atoms with van der Waals surface area (Å²) in [6.07, 6.45) is 2.34. The van der Waals surface area contributed by atoms with Crippen molar-refractivity contribution >= 4 is 28.3 Å². The minimum absolute atomic E-state index is 0.00372. The molecular weight excluding hydrogens is 518 g/mol. The van der Waals surface area contributed by atoms with Crippen molar-refractivity contribution in [3.8, 4) is 11.3 Å². The van der Waals surface area contributed by atoms with E-state index in [1.165, 1.54) is 33.6 Å². The average Bonchev–Trinajstić information content (AvgIpc) is 3.69. The Morgan fingerprint density at radius 2 is 1.60 bits per heavy atom. The highest BCUT2D eigenvalue weighted by Gasteiger charge is 2.53. The minimum atomic E-state index is -0.593. The van der Waals surface area contributed by atoms with Crippen LogP contribution in [-0.2, 0) is 11.3 Å². The van der Waals surface area contributed by atoms with Gasteiger partial charge in [-0.2, -0.15) is 0 Å². The first kappa shape index (κ1) is 24.5. The number of carbonyl (C=O) groups excluding carboxylic acids is 2. The second-order valence-electron chi connectivity index (χ2n) is 10.7. The second kappa shape index (κ2) is 9.61. The highest BCUT2D eigenvalue weighted by Crippen LogP contribution is 2.61. The third-order valence-corrected chi connectivity index (χ3v) is 9.08. The van der Waals surface area contributed by atoms with Gasteiger partial charge in [-0.15, -0.1) is 11.3 Å². The third-order valence-electron chi connectivity index (χ3n) is 8.32. The Morgan fingerprint density at radius 3 is 2.25 bits per heavy atom. The number of anilines is 1. The predicted octanol–water partition coefficient (Wildman–Crippen LogP) is 6.96. The molecule has 3 aromatic carbocycles. The van der Waals surface area contributed by atoms with Crippen molar-refractivity contribution in [1.29, 1.82) is 0 Å². The minimum Gasteiger partial charge on any atom is -0.467 e. The van der Waals surface area contributed by atoms with E-state index in [1.54, 1.807) is 24.5 Å². The summed E-state index contributed by atoms with van der Waals surface area (Å²) >= 11 is 1.41. The van der Waals surface area contributed by atoms with Crippen molar-refractivity contribution in [3.05, 3.63) is 130 Å². The molecule has 2 bridgehead atoms. The van der Waals surface area contributed by atoms with E-state index in [1.807, 2.05) is 23.6 Å². The average molecular weight is 546 g/mol. The summed E-state index contributed by atoms with van der Waals surface area (Å²) < 4.78 is 5.27. The standard InChI is InChI=1S/C33H27N3O3S/c1-33(17-27-23-8-2-4-10-25(23)29(33)26-11-5-3-9-24(26)27)31(38)36-32-35-28(19-40-32)20-12-14-21(15-13-20)30(37)34-18-22-7-6-16-39-22/h2-16,19,27,29H,17-18H2,1H3,(H,34,37)(H,35,36,38). The molecule has 198 valence electrons. The van der Waals surface area contributed by atoms with E-state index in [0.29, 0.717) is 23.0 Å². The van der Waals surface area contributed by atoms with Crippen molar-refractivity contribution < 1.29 is 14.0 Å². The maximum atomic E-state index is 13.9. The van der Waals surface area contributed by atoms with Crippen molar-refractivity contribution in [2.24, 2.45) is 5.41 Å². The van der Waals surface area contributed by atoms with Gasteiger partial charge in [-0.1, -0.05) is 60.7 Å². The number of nitrogens with zero attached hydrogens (tertiary/aromatic N) is 1. The topological polar surface area (TPSA) is 84.2 Å². The number of thiazole rings is 1. The molecule has 1 unspecified atom stereocenters. The fraction of sp³-hybridized carbons (Fsp3) is 0.182. The summed E-state index contributed by atoms with van der Waals surface area (Å²) in [6, 6.07) is 28.0. The van der Waals surface area contributed by atoms with Gasteiger partial charge in [-0.25, -0.2) is 4.98 Å². The van der Waals surface area contributed by atoms with Gasteiger partial charge in [0.15, 0.2) is 5.13 Å². The van der Waals surface area contributed by atoms with E-state index in [2.05, 4.69) is 66.1 Å². The van der Waals surface area contributed by atoms with Gasteiger partial charge in [-0.05, 0) is 59.9 Å². The Hall–Kier alpha value is -4.49. The van der Waals surface area contributed by atoms with Crippen LogP contribution in [0, 0.1) is 5.41 Å². The molecule has 0 saturated heterocycles. The number of benzene rings is 3. The number of hydrogen-bond acceptors (Lipinski definition) is 5. The second-order valence-corrected chi connectivity index (χ2v) is 11.6. The van der Waals surface area contributed by atoms with Gasteiger partial charge in [0.1, 0.15) is 5.76 Å². The van der Waals surface area contributed by atoms with Crippen LogP contribution in [0.4, 0.5) is 5.13 Å². The Labute approximate surface area is 236 Å². The smallest absolute Gasteiger partial charge is 0.251 e. The summed E-state index contributed by atoms with van der Waals surface area (Å²) in [7, 11) is 0. The molecule has 8 rings (SSSR count). The SMILES string of the molecule is CC1(C(=O)Nc2nc(-c3ccc(C(=O)NCc4ccco4)cc3)cs2)CC2c3ccccc3C1c1ccccc12. The van der Waals surface area contributed by atoms with Crippen LogP contribution in [0.2, 0.25) is 0 Å². The Kier molecular flexibility index (Phi) is 5.90. The molecule has 3 aliphatic carbocycles. The molecule has 0 aliphatic heterocycles. The zero-order valence-corrected chi connectivity index (χ0v) is 22.7. The van der Waals surface area contributed by atoms with Crippen molar-refractivity contribution in [2.45, 2.75) is 31.7 Å². The highest BCUT2D eigenvalue weighted by atomic mass is 32.1. The molecule has 3 aliphatic rings. The van der Waals surface area contributed by atoms with Gasteiger partial charge in [0, 0.05) is 28.3 Å². The zero-order chi connectivity index (χ0) is 27.3. The number of aromatic nitrogens is 1. The lowest BCUT2D eigenvalue weighted by atomic mass is 9.52. The molecule has 7 heteroatoms. The molecule has 1 atom stereocenters.